The molecule has 0 aliphatic carbocycles. The van der Waals surface area contributed by atoms with Crippen LogP contribution in [-0.2, 0) is 25.6 Å². The lowest BCUT2D eigenvalue weighted by molar-refractivity contribution is 0.200. The van der Waals surface area contributed by atoms with Crippen molar-refractivity contribution in [2.75, 3.05) is 7.11 Å². The maximum Gasteiger partial charge on any atom is 0.385 e. The number of ether oxygens (including phenoxy) is 1. The minimum absolute atomic E-state index is 0.532. The fourth-order valence-electron chi connectivity index (χ4n) is 0.0821. The van der Waals surface area contributed by atoms with E-state index in [-0.39, 0.29) is 0 Å². The van der Waals surface area contributed by atoms with Gasteiger partial charge in [-0.15, -0.1) is 0 Å². The minimum Gasteiger partial charge on any atom is -0.460 e. The molecule has 0 saturated heterocycles. The van der Waals surface area contributed by atoms with Gasteiger partial charge in [0.25, 0.3) is 0 Å². The van der Waals surface area contributed by atoms with Crippen LogP contribution in [-0.4, -0.2) is 12.4 Å². The normalized spacial score (nSPS) is 12.9. The first-order chi connectivity index (χ1) is 3.18. The number of hydrogen-bond acceptors (Lipinski definition) is 3. The molecule has 2 N–H and O–H groups in total. The SMILES string of the molecule is COC(=O)S(N)=S. The van der Waals surface area contributed by atoms with Crippen molar-refractivity contribution in [3.63, 3.8) is 0 Å². The first-order valence-electron chi connectivity index (χ1n) is 1.42. The molecule has 0 saturated carbocycles. The molecule has 3 nitrogen and oxygen atoms in total. The van der Waals surface area contributed by atoms with Crippen LogP contribution in [0, 0.1) is 0 Å². The van der Waals surface area contributed by atoms with Crippen molar-refractivity contribution in [1.29, 1.82) is 0 Å². The second kappa shape index (κ2) is 3.06. The zero-order chi connectivity index (χ0) is 5.86. The quantitative estimate of drug-likeness (QED) is 0.468. The Kier molecular flexibility index (Phi) is 3.06. The molecule has 0 aromatic heterocycles. The molecule has 1 unspecified atom stereocenters. The van der Waals surface area contributed by atoms with E-state index in [1.54, 1.807) is 0 Å². The Hall–Kier alpha value is -0.0000000000000000555. The number of nitrogens with two attached hydrogens (primary N) is 1. The van der Waals surface area contributed by atoms with E-state index in [1.807, 2.05) is 0 Å². The van der Waals surface area contributed by atoms with Gasteiger partial charge >= 0.3 is 5.30 Å². The van der Waals surface area contributed by atoms with Gasteiger partial charge in [0, 0.05) is 0 Å². The van der Waals surface area contributed by atoms with Gasteiger partial charge in [0.15, 0.2) is 0 Å². The highest BCUT2D eigenvalue weighted by Crippen LogP contribution is 1.76. The van der Waals surface area contributed by atoms with Crippen molar-refractivity contribution in [2.24, 2.45) is 5.14 Å². The van der Waals surface area contributed by atoms with Crippen molar-refractivity contribution in [1.82, 2.24) is 0 Å². The van der Waals surface area contributed by atoms with E-state index >= 15 is 0 Å². The van der Waals surface area contributed by atoms with Crippen LogP contribution in [0.3, 0.4) is 0 Å². The van der Waals surface area contributed by atoms with E-state index in [0.29, 0.717) is 0 Å². The smallest absolute Gasteiger partial charge is 0.385 e. The highest BCUT2D eigenvalue weighted by atomic mass is 32.8. The molecular formula is C2H5NO2S2. The van der Waals surface area contributed by atoms with Crippen LogP contribution in [0.4, 0.5) is 4.79 Å². The molecule has 0 bridgehead atoms. The highest BCUT2D eigenvalue weighted by molar-refractivity contribution is 8.35. The van der Waals surface area contributed by atoms with Crippen molar-refractivity contribution >= 4 is 26.1 Å². The van der Waals surface area contributed by atoms with E-state index < -0.39 is 14.9 Å². The fraction of sp³-hybridized carbons (Fsp3) is 0.500. The summed E-state index contributed by atoms with van der Waals surface area (Å²) in [5, 5.41) is 4.38. The van der Waals surface area contributed by atoms with Crippen LogP contribution in [0.25, 0.3) is 0 Å². The monoisotopic (exact) mass is 139 g/mol. The highest BCUT2D eigenvalue weighted by Gasteiger charge is 1.97. The van der Waals surface area contributed by atoms with Crippen LogP contribution in [0.15, 0.2) is 0 Å². The van der Waals surface area contributed by atoms with Crippen LogP contribution in [0.2, 0.25) is 0 Å². The summed E-state index contributed by atoms with van der Waals surface area (Å²) in [7, 11) is 0.113. The molecule has 0 aliphatic heterocycles. The van der Waals surface area contributed by atoms with Gasteiger partial charge in [-0.2, -0.15) is 0 Å². The second-order valence-electron chi connectivity index (χ2n) is 0.752. The summed E-state index contributed by atoms with van der Waals surface area (Å²) < 4.78 is 4.16. The number of methoxy groups -OCH3 is 1. The largest absolute Gasteiger partial charge is 0.460 e. The van der Waals surface area contributed by atoms with E-state index in [1.165, 1.54) is 7.11 Å². The Morgan fingerprint density at radius 3 is 2.43 bits per heavy atom. The van der Waals surface area contributed by atoms with Gasteiger partial charge in [-0.1, -0.05) is 0 Å². The van der Waals surface area contributed by atoms with Crippen molar-refractivity contribution in [2.45, 2.75) is 0 Å². The van der Waals surface area contributed by atoms with Gasteiger partial charge < -0.3 is 4.74 Å². The van der Waals surface area contributed by atoms with Gasteiger partial charge in [0.1, 0.15) is 0 Å². The first kappa shape index (κ1) is 7.00. The second-order valence-corrected chi connectivity index (χ2v) is 2.76. The summed E-state index contributed by atoms with van der Waals surface area (Å²) in [5.74, 6) is 0. The van der Waals surface area contributed by atoms with Gasteiger partial charge in [0.05, 0.1) is 16.8 Å². The lowest BCUT2D eigenvalue weighted by atomic mass is 11.5. The van der Waals surface area contributed by atoms with Crippen LogP contribution >= 0.6 is 0 Å². The standard InChI is InChI=1S/C2H5NO2S2/c1-5-2(4)7(3)6/h3H2,1H3. The van der Waals surface area contributed by atoms with Gasteiger partial charge in [0.2, 0.25) is 0 Å². The third-order valence-corrected chi connectivity index (χ3v) is 1.23. The van der Waals surface area contributed by atoms with Gasteiger partial charge in [-0.05, 0) is 11.2 Å². The predicted molar refractivity (Wildman–Crippen MR) is 31.3 cm³/mol. The lowest BCUT2D eigenvalue weighted by Crippen LogP contribution is -2.13. The molecule has 0 radical (unpaired) electrons. The van der Waals surface area contributed by atoms with E-state index in [0.717, 1.165) is 0 Å². The molecule has 7 heavy (non-hydrogen) atoms. The summed E-state index contributed by atoms with van der Waals surface area (Å²) in [6.45, 7) is 0. The first-order valence-corrected chi connectivity index (χ1v) is 3.64. The Bertz CT molecular complexity index is 102. The fourth-order valence-corrected chi connectivity index (χ4v) is 0.451. The zero-order valence-corrected chi connectivity index (χ0v) is 5.34. The predicted octanol–water partition coefficient (Wildman–Crippen LogP) is -0.293. The molecule has 0 spiro atoms. The summed E-state index contributed by atoms with van der Waals surface area (Å²) in [6, 6.07) is 0. The number of carbonyl (C=O) groups is 1. The Balaban J connectivity index is 3.58. The molecule has 0 heterocycles. The van der Waals surface area contributed by atoms with Crippen LogP contribution in [0.5, 0.6) is 0 Å². The van der Waals surface area contributed by atoms with E-state index in [2.05, 4.69) is 15.9 Å². The van der Waals surface area contributed by atoms with Gasteiger partial charge in [-0.25, -0.2) is 4.79 Å². The van der Waals surface area contributed by atoms with Crippen molar-refractivity contribution in [3.8, 4) is 0 Å². The molecule has 0 aliphatic rings. The molecule has 0 rings (SSSR count). The Morgan fingerprint density at radius 1 is 2.00 bits per heavy atom. The number of hydrogen-bond donors (Lipinski definition) is 1. The molecule has 5 heteroatoms. The third-order valence-electron chi connectivity index (χ3n) is 0.331. The maximum atomic E-state index is 10.1. The molecular weight excluding hydrogens is 134 g/mol. The number of rotatable bonds is 0. The summed E-state index contributed by atoms with van der Waals surface area (Å²) in [4.78, 5) is 10.1. The van der Waals surface area contributed by atoms with E-state index in [9.17, 15) is 4.79 Å². The van der Waals surface area contributed by atoms with E-state index in [4.69, 9.17) is 5.14 Å². The Morgan fingerprint density at radius 2 is 2.43 bits per heavy atom. The topological polar surface area (TPSA) is 52.3 Å². The Labute approximate surface area is 48.6 Å². The maximum absolute atomic E-state index is 10.1. The summed E-state index contributed by atoms with van der Waals surface area (Å²) >= 11 is 4.33. The average Bonchev–Trinajstić information content (AvgIpc) is 1.65. The molecule has 0 fully saturated rings. The minimum atomic E-state index is -1.14. The third kappa shape index (κ3) is 2.67. The lowest BCUT2D eigenvalue weighted by Gasteiger charge is -1.90. The zero-order valence-electron chi connectivity index (χ0n) is 3.71. The molecule has 0 amide bonds. The summed E-state index contributed by atoms with van der Waals surface area (Å²) in [6.07, 6.45) is 0. The molecule has 1 atom stereocenters. The molecule has 0 aromatic carbocycles. The molecule has 42 valence electrons. The van der Waals surface area contributed by atoms with Crippen molar-refractivity contribution in [3.05, 3.63) is 0 Å². The van der Waals surface area contributed by atoms with Crippen LogP contribution < -0.4 is 5.14 Å². The molecule has 0 aromatic rings. The van der Waals surface area contributed by atoms with Crippen LogP contribution in [0.1, 0.15) is 0 Å². The van der Waals surface area contributed by atoms with Gasteiger partial charge in [-0.3, -0.25) is 5.14 Å². The summed E-state index contributed by atoms with van der Waals surface area (Å²) in [5.41, 5.74) is 0. The van der Waals surface area contributed by atoms with Crippen molar-refractivity contribution < 1.29 is 9.53 Å². The average molecular weight is 139 g/mol. The number of carbonyl (C=O) groups excluding carboxylic acids is 1.